The molecular formula is C24H33NO2. The van der Waals surface area contributed by atoms with Gasteiger partial charge < -0.3 is 9.64 Å². The van der Waals surface area contributed by atoms with E-state index >= 15 is 0 Å². The van der Waals surface area contributed by atoms with E-state index in [1.54, 1.807) is 0 Å². The minimum atomic E-state index is -0.828. The standard InChI is InChI=1S/C24H33NO2/c1-6-25(7-2)18-19(3)20(4)27-23(26)24(5,21-14-10-8-11-15-21)22-16-12-9-13-17-22/h8-17,19-20H,6-7,18H2,1-5H3. The molecule has 3 heteroatoms. The Labute approximate surface area is 164 Å². The van der Waals surface area contributed by atoms with Crippen molar-refractivity contribution in [3.63, 3.8) is 0 Å². The van der Waals surface area contributed by atoms with Gasteiger partial charge in [-0.2, -0.15) is 0 Å². The second-order valence-electron chi connectivity index (χ2n) is 7.43. The molecule has 0 radical (unpaired) electrons. The normalized spacial score (nSPS) is 14.0. The molecule has 0 bridgehead atoms. The summed E-state index contributed by atoms with van der Waals surface area (Å²) >= 11 is 0. The lowest BCUT2D eigenvalue weighted by atomic mass is 9.76. The molecule has 0 spiro atoms. The molecule has 0 aliphatic carbocycles. The molecule has 0 amide bonds. The summed E-state index contributed by atoms with van der Waals surface area (Å²) < 4.78 is 6.01. The van der Waals surface area contributed by atoms with Gasteiger partial charge in [0.2, 0.25) is 0 Å². The molecule has 2 aromatic carbocycles. The van der Waals surface area contributed by atoms with Gasteiger partial charge in [0.15, 0.2) is 0 Å². The van der Waals surface area contributed by atoms with Crippen LogP contribution in [0.15, 0.2) is 60.7 Å². The summed E-state index contributed by atoms with van der Waals surface area (Å²) in [7, 11) is 0. The molecule has 0 heterocycles. The third kappa shape index (κ3) is 4.98. The highest BCUT2D eigenvalue weighted by atomic mass is 16.5. The first-order valence-corrected chi connectivity index (χ1v) is 9.97. The molecule has 0 aliphatic heterocycles. The fourth-order valence-electron chi connectivity index (χ4n) is 3.39. The Balaban J connectivity index is 2.25. The number of rotatable bonds is 9. The van der Waals surface area contributed by atoms with Crippen molar-refractivity contribution in [2.24, 2.45) is 5.92 Å². The van der Waals surface area contributed by atoms with Crippen LogP contribution in [0, 0.1) is 5.92 Å². The van der Waals surface area contributed by atoms with E-state index in [0.717, 1.165) is 30.8 Å². The molecule has 0 fully saturated rings. The minimum absolute atomic E-state index is 0.148. The molecule has 2 aromatic rings. The summed E-state index contributed by atoms with van der Waals surface area (Å²) in [6.45, 7) is 13.4. The molecule has 0 aliphatic rings. The SMILES string of the molecule is CCN(CC)CC(C)C(C)OC(=O)C(C)(c1ccccc1)c1ccccc1. The second-order valence-corrected chi connectivity index (χ2v) is 7.43. The number of hydrogen-bond acceptors (Lipinski definition) is 3. The number of carbonyl (C=O) groups excluding carboxylic acids is 1. The third-order valence-corrected chi connectivity index (χ3v) is 5.65. The predicted octanol–water partition coefficient (Wildman–Crippen LogP) is 4.90. The Bertz CT molecular complexity index is 655. The zero-order valence-corrected chi connectivity index (χ0v) is 17.3. The van der Waals surface area contributed by atoms with Gasteiger partial charge in [0, 0.05) is 12.5 Å². The average molecular weight is 368 g/mol. The number of nitrogens with zero attached hydrogens (tertiary/aromatic N) is 1. The lowest BCUT2D eigenvalue weighted by Crippen LogP contribution is -2.40. The van der Waals surface area contributed by atoms with Gasteiger partial charge >= 0.3 is 5.97 Å². The lowest BCUT2D eigenvalue weighted by Gasteiger charge is -2.32. The van der Waals surface area contributed by atoms with Gasteiger partial charge in [-0.05, 0) is 38.1 Å². The number of ether oxygens (including phenoxy) is 1. The summed E-state index contributed by atoms with van der Waals surface area (Å²) in [4.78, 5) is 15.7. The van der Waals surface area contributed by atoms with Crippen molar-refractivity contribution in [1.82, 2.24) is 4.90 Å². The Morgan fingerprint density at radius 2 is 1.37 bits per heavy atom. The zero-order valence-electron chi connectivity index (χ0n) is 17.3. The van der Waals surface area contributed by atoms with Gasteiger partial charge in [-0.15, -0.1) is 0 Å². The Morgan fingerprint density at radius 1 is 0.926 bits per heavy atom. The van der Waals surface area contributed by atoms with Crippen molar-refractivity contribution in [1.29, 1.82) is 0 Å². The molecule has 146 valence electrons. The van der Waals surface area contributed by atoms with Crippen LogP contribution in [0.4, 0.5) is 0 Å². The van der Waals surface area contributed by atoms with Crippen molar-refractivity contribution >= 4 is 5.97 Å². The summed E-state index contributed by atoms with van der Waals surface area (Å²) in [5.41, 5.74) is 1.07. The highest BCUT2D eigenvalue weighted by molar-refractivity contribution is 5.87. The minimum Gasteiger partial charge on any atom is -0.461 e. The molecular weight excluding hydrogens is 334 g/mol. The van der Waals surface area contributed by atoms with Gasteiger partial charge in [-0.3, -0.25) is 4.79 Å². The van der Waals surface area contributed by atoms with Crippen molar-refractivity contribution in [2.75, 3.05) is 19.6 Å². The van der Waals surface area contributed by atoms with Gasteiger partial charge in [0.25, 0.3) is 0 Å². The van der Waals surface area contributed by atoms with E-state index in [4.69, 9.17) is 4.74 Å². The van der Waals surface area contributed by atoms with Crippen LogP contribution in [0.1, 0.15) is 45.7 Å². The van der Waals surface area contributed by atoms with Crippen LogP contribution < -0.4 is 0 Å². The van der Waals surface area contributed by atoms with E-state index in [-0.39, 0.29) is 18.0 Å². The molecule has 0 N–H and O–H groups in total. The fourth-order valence-corrected chi connectivity index (χ4v) is 3.39. The van der Waals surface area contributed by atoms with E-state index in [1.807, 2.05) is 74.5 Å². The summed E-state index contributed by atoms with van der Waals surface area (Å²) in [6.07, 6.45) is -0.148. The number of benzene rings is 2. The van der Waals surface area contributed by atoms with Crippen LogP contribution in [0.5, 0.6) is 0 Å². The van der Waals surface area contributed by atoms with E-state index < -0.39 is 5.41 Å². The lowest BCUT2D eigenvalue weighted by molar-refractivity contribution is -0.155. The summed E-state index contributed by atoms with van der Waals surface area (Å²) in [5, 5.41) is 0. The maximum Gasteiger partial charge on any atom is 0.321 e. The maximum atomic E-state index is 13.4. The summed E-state index contributed by atoms with van der Waals surface area (Å²) in [6, 6.07) is 19.8. The zero-order chi connectivity index (χ0) is 19.9. The first-order valence-electron chi connectivity index (χ1n) is 9.97. The average Bonchev–Trinajstić information content (AvgIpc) is 2.72. The highest BCUT2D eigenvalue weighted by Gasteiger charge is 2.39. The van der Waals surface area contributed by atoms with Crippen LogP contribution in [0.3, 0.4) is 0 Å². The van der Waals surface area contributed by atoms with Crippen LogP contribution >= 0.6 is 0 Å². The van der Waals surface area contributed by atoms with Crippen LogP contribution in [0.25, 0.3) is 0 Å². The van der Waals surface area contributed by atoms with Gasteiger partial charge in [-0.25, -0.2) is 0 Å². The van der Waals surface area contributed by atoms with Crippen LogP contribution in [0.2, 0.25) is 0 Å². The quantitative estimate of drug-likeness (QED) is 0.590. The van der Waals surface area contributed by atoms with Gasteiger partial charge in [0.1, 0.15) is 11.5 Å². The molecule has 27 heavy (non-hydrogen) atoms. The van der Waals surface area contributed by atoms with E-state index in [1.165, 1.54) is 0 Å². The summed E-state index contributed by atoms with van der Waals surface area (Å²) in [5.74, 6) is 0.0726. The maximum absolute atomic E-state index is 13.4. The van der Waals surface area contributed by atoms with Crippen molar-refractivity contribution in [3.8, 4) is 0 Å². The molecule has 2 atom stereocenters. The Kier molecular flexibility index (Phi) is 7.61. The van der Waals surface area contributed by atoms with E-state index in [0.29, 0.717) is 0 Å². The Hall–Kier alpha value is -2.13. The largest absolute Gasteiger partial charge is 0.461 e. The molecule has 2 rings (SSSR count). The first-order chi connectivity index (χ1) is 12.9. The monoisotopic (exact) mass is 367 g/mol. The highest BCUT2D eigenvalue weighted by Crippen LogP contribution is 2.34. The first kappa shape index (κ1) is 21.2. The predicted molar refractivity (Wildman–Crippen MR) is 112 cm³/mol. The van der Waals surface area contributed by atoms with Crippen molar-refractivity contribution in [2.45, 2.75) is 46.1 Å². The van der Waals surface area contributed by atoms with Crippen molar-refractivity contribution < 1.29 is 9.53 Å². The van der Waals surface area contributed by atoms with Gasteiger partial charge in [-0.1, -0.05) is 81.4 Å². The topological polar surface area (TPSA) is 29.5 Å². The molecule has 0 saturated carbocycles. The van der Waals surface area contributed by atoms with Gasteiger partial charge in [0.05, 0.1) is 0 Å². The Morgan fingerprint density at radius 3 is 1.78 bits per heavy atom. The molecule has 3 nitrogen and oxygen atoms in total. The second kappa shape index (κ2) is 9.70. The fraction of sp³-hybridized carbons (Fsp3) is 0.458. The smallest absolute Gasteiger partial charge is 0.321 e. The molecule has 2 unspecified atom stereocenters. The van der Waals surface area contributed by atoms with Crippen LogP contribution in [-0.4, -0.2) is 36.6 Å². The van der Waals surface area contributed by atoms with Crippen LogP contribution in [-0.2, 0) is 14.9 Å². The van der Waals surface area contributed by atoms with E-state index in [2.05, 4.69) is 25.7 Å². The van der Waals surface area contributed by atoms with E-state index in [9.17, 15) is 4.79 Å². The molecule has 0 saturated heterocycles. The number of hydrogen-bond donors (Lipinski definition) is 0. The third-order valence-electron chi connectivity index (χ3n) is 5.65. The van der Waals surface area contributed by atoms with Crippen molar-refractivity contribution in [3.05, 3.63) is 71.8 Å². The number of carbonyl (C=O) groups is 1. The molecule has 0 aromatic heterocycles. The number of esters is 1.